The first kappa shape index (κ1) is 15.4. The van der Waals surface area contributed by atoms with Crippen molar-refractivity contribution in [3.63, 3.8) is 0 Å². The van der Waals surface area contributed by atoms with Gasteiger partial charge in [-0.15, -0.1) is 0 Å². The molecule has 0 heterocycles. The molecule has 1 unspecified atom stereocenters. The third-order valence-electron chi connectivity index (χ3n) is 2.66. The zero-order valence-electron chi connectivity index (χ0n) is 10.8. The van der Waals surface area contributed by atoms with Gasteiger partial charge in [-0.2, -0.15) is 0 Å². The molecule has 0 aliphatic carbocycles. The van der Waals surface area contributed by atoms with Gasteiger partial charge in [-0.25, -0.2) is 0 Å². The van der Waals surface area contributed by atoms with Crippen LogP contribution in [0, 0.1) is 5.92 Å². The van der Waals surface area contributed by atoms with Gasteiger partial charge in [0.05, 0.1) is 5.92 Å². The molecule has 102 valence electrons. The van der Waals surface area contributed by atoms with Crippen molar-refractivity contribution >= 4 is 33.9 Å². The number of hydrogen-bond acceptors (Lipinski definition) is 2. The van der Waals surface area contributed by atoms with Crippen LogP contribution in [-0.4, -0.2) is 35.5 Å². The molecule has 1 amide bonds. The monoisotopic (exact) mass is 325 g/mol. The smallest absolute Gasteiger partial charge is 0.308 e. The molecule has 0 saturated heterocycles. The van der Waals surface area contributed by atoms with Crippen LogP contribution in [0.5, 0.6) is 0 Å². The Labute approximate surface area is 120 Å². The minimum atomic E-state index is -0.908. The van der Waals surface area contributed by atoms with E-state index in [9.17, 15) is 9.59 Å². The molecule has 0 aromatic heterocycles. The fourth-order valence-electron chi connectivity index (χ4n) is 1.48. The van der Waals surface area contributed by atoms with E-state index in [2.05, 4.69) is 15.9 Å². The van der Waals surface area contributed by atoms with Crippen molar-refractivity contribution in [1.29, 1.82) is 0 Å². The van der Waals surface area contributed by atoms with E-state index in [1.807, 2.05) is 24.3 Å². The van der Waals surface area contributed by atoms with Gasteiger partial charge in [0.2, 0.25) is 5.91 Å². The Morgan fingerprint density at radius 2 is 2.05 bits per heavy atom. The van der Waals surface area contributed by atoms with Crippen molar-refractivity contribution in [2.75, 3.05) is 13.6 Å². The van der Waals surface area contributed by atoms with Crippen LogP contribution in [0.3, 0.4) is 0 Å². The first-order valence-electron chi connectivity index (χ1n) is 5.82. The first-order valence-corrected chi connectivity index (χ1v) is 6.61. The first-order chi connectivity index (χ1) is 8.91. The molecule has 1 aromatic carbocycles. The van der Waals surface area contributed by atoms with Crippen LogP contribution in [0.4, 0.5) is 0 Å². The molecule has 4 nitrogen and oxygen atoms in total. The number of carbonyl (C=O) groups is 2. The zero-order valence-corrected chi connectivity index (χ0v) is 12.4. The van der Waals surface area contributed by atoms with Crippen LogP contribution < -0.4 is 0 Å². The van der Waals surface area contributed by atoms with E-state index >= 15 is 0 Å². The molecule has 5 heteroatoms. The molecule has 0 bridgehead atoms. The van der Waals surface area contributed by atoms with E-state index in [1.165, 1.54) is 11.0 Å². The van der Waals surface area contributed by atoms with Crippen molar-refractivity contribution in [2.24, 2.45) is 5.92 Å². The zero-order chi connectivity index (χ0) is 14.4. The summed E-state index contributed by atoms with van der Waals surface area (Å²) in [6, 6.07) is 7.54. The van der Waals surface area contributed by atoms with E-state index < -0.39 is 11.9 Å². The van der Waals surface area contributed by atoms with Gasteiger partial charge in [-0.3, -0.25) is 9.59 Å². The molecule has 0 saturated carbocycles. The van der Waals surface area contributed by atoms with Gasteiger partial charge in [0.25, 0.3) is 0 Å². The van der Waals surface area contributed by atoms with Crippen LogP contribution in [-0.2, 0) is 9.59 Å². The maximum absolute atomic E-state index is 11.8. The maximum atomic E-state index is 11.8. The predicted molar refractivity (Wildman–Crippen MR) is 77.6 cm³/mol. The predicted octanol–water partition coefficient (Wildman–Crippen LogP) is 2.64. The molecule has 1 rings (SSSR count). The van der Waals surface area contributed by atoms with Crippen LogP contribution in [0.15, 0.2) is 34.8 Å². The quantitative estimate of drug-likeness (QED) is 0.847. The number of amides is 1. The minimum Gasteiger partial charge on any atom is -0.481 e. The van der Waals surface area contributed by atoms with Gasteiger partial charge in [0, 0.05) is 24.1 Å². The SMILES string of the molecule is CC(CN(C)C(=O)/C=C/c1ccccc1Br)C(=O)O. The number of carboxylic acid groups (broad SMARTS) is 1. The average molecular weight is 326 g/mol. The van der Waals surface area contributed by atoms with Crippen LogP contribution in [0.1, 0.15) is 12.5 Å². The van der Waals surface area contributed by atoms with Gasteiger partial charge in [0.15, 0.2) is 0 Å². The molecular formula is C14H16BrNO3. The summed E-state index contributed by atoms with van der Waals surface area (Å²) in [6.45, 7) is 1.76. The van der Waals surface area contributed by atoms with Crippen molar-refractivity contribution in [3.8, 4) is 0 Å². The highest BCUT2D eigenvalue weighted by atomic mass is 79.9. The maximum Gasteiger partial charge on any atom is 0.308 e. The van der Waals surface area contributed by atoms with Gasteiger partial charge < -0.3 is 10.0 Å². The molecule has 0 fully saturated rings. The molecule has 1 atom stereocenters. The summed E-state index contributed by atoms with van der Waals surface area (Å²) < 4.78 is 0.903. The van der Waals surface area contributed by atoms with E-state index in [4.69, 9.17) is 5.11 Å². The minimum absolute atomic E-state index is 0.189. The van der Waals surface area contributed by atoms with Crippen molar-refractivity contribution in [2.45, 2.75) is 6.92 Å². The normalized spacial score (nSPS) is 12.4. The van der Waals surface area contributed by atoms with Gasteiger partial charge in [-0.1, -0.05) is 41.1 Å². The molecule has 1 N–H and O–H groups in total. The number of halogens is 1. The number of likely N-dealkylation sites (N-methyl/N-ethyl adjacent to an activating group) is 1. The summed E-state index contributed by atoms with van der Waals surface area (Å²) in [5.41, 5.74) is 0.899. The molecular weight excluding hydrogens is 310 g/mol. The number of benzene rings is 1. The molecule has 0 aliphatic heterocycles. The van der Waals surface area contributed by atoms with Gasteiger partial charge >= 0.3 is 5.97 Å². The molecule has 19 heavy (non-hydrogen) atoms. The van der Waals surface area contributed by atoms with Crippen LogP contribution in [0.25, 0.3) is 6.08 Å². The Kier molecular flexibility index (Phi) is 5.76. The summed E-state index contributed by atoms with van der Waals surface area (Å²) in [5, 5.41) is 8.79. The van der Waals surface area contributed by atoms with Crippen LogP contribution in [0.2, 0.25) is 0 Å². The number of carboxylic acids is 1. The highest BCUT2D eigenvalue weighted by molar-refractivity contribution is 9.10. The third kappa shape index (κ3) is 4.87. The van der Waals surface area contributed by atoms with E-state index in [0.717, 1.165) is 10.0 Å². The van der Waals surface area contributed by atoms with Crippen molar-refractivity contribution in [1.82, 2.24) is 4.90 Å². The van der Waals surface area contributed by atoms with Gasteiger partial charge in [0.1, 0.15) is 0 Å². The molecule has 0 aliphatic rings. The standard InChI is InChI=1S/C14H16BrNO3/c1-10(14(18)19)9-16(2)13(17)8-7-11-5-3-4-6-12(11)15/h3-8,10H,9H2,1-2H3,(H,18,19)/b8-7+. The second-order valence-corrected chi connectivity index (χ2v) is 5.17. The lowest BCUT2D eigenvalue weighted by Gasteiger charge is -2.17. The molecule has 0 radical (unpaired) electrons. The third-order valence-corrected chi connectivity index (χ3v) is 3.38. The summed E-state index contributed by atoms with van der Waals surface area (Å²) in [6.07, 6.45) is 3.14. The summed E-state index contributed by atoms with van der Waals surface area (Å²) in [5.74, 6) is -1.70. The Morgan fingerprint density at radius 1 is 1.42 bits per heavy atom. The fraction of sp³-hybridized carbons (Fsp3) is 0.286. The van der Waals surface area contributed by atoms with Crippen molar-refractivity contribution in [3.05, 3.63) is 40.4 Å². The highest BCUT2D eigenvalue weighted by Crippen LogP contribution is 2.17. The summed E-state index contributed by atoms with van der Waals surface area (Å²) >= 11 is 3.39. The van der Waals surface area contributed by atoms with E-state index in [-0.39, 0.29) is 12.5 Å². The summed E-state index contributed by atoms with van der Waals surface area (Å²) in [4.78, 5) is 23.9. The fourth-order valence-corrected chi connectivity index (χ4v) is 1.89. The van der Waals surface area contributed by atoms with Crippen LogP contribution >= 0.6 is 15.9 Å². The lowest BCUT2D eigenvalue weighted by Crippen LogP contribution is -2.32. The Balaban J connectivity index is 2.64. The van der Waals surface area contributed by atoms with Gasteiger partial charge in [-0.05, 0) is 17.7 Å². The number of nitrogens with zero attached hydrogens (tertiary/aromatic N) is 1. The Hall–Kier alpha value is -1.62. The Morgan fingerprint density at radius 3 is 2.63 bits per heavy atom. The summed E-state index contributed by atoms with van der Waals surface area (Å²) in [7, 11) is 1.59. The molecule has 0 spiro atoms. The lowest BCUT2D eigenvalue weighted by molar-refractivity contribution is -0.142. The second-order valence-electron chi connectivity index (χ2n) is 4.31. The van der Waals surface area contributed by atoms with E-state index in [0.29, 0.717) is 0 Å². The number of aliphatic carboxylic acids is 1. The lowest BCUT2D eigenvalue weighted by atomic mass is 10.1. The second kappa shape index (κ2) is 7.09. The number of carbonyl (C=O) groups excluding carboxylic acids is 1. The highest BCUT2D eigenvalue weighted by Gasteiger charge is 2.15. The van der Waals surface area contributed by atoms with Crippen molar-refractivity contribution < 1.29 is 14.7 Å². The molecule has 1 aromatic rings. The average Bonchev–Trinajstić information content (AvgIpc) is 2.37. The van der Waals surface area contributed by atoms with E-state index in [1.54, 1.807) is 20.0 Å². The largest absolute Gasteiger partial charge is 0.481 e. The topological polar surface area (TPSA) is 57.6 Å². The number of hydrogen-bond donors (Lipinski definition) is 1. The Bertz CT molecular complexity index is 499. The number of rotatable bonds is 5.